The molecule has 0 fully saturated rings. The number of carbonyl (C=O) groups is 1. The van der Waals surface area contributed by atoms with Gasteiger partial charge in [0.05, 0.1) is 11.8 Å². The molecule has 0 aromatic heterocycles. The van der Waals surface area contributed by atoms with Gasteiger partial charge in [-0.05, 0) is 80.9 Å². The normalized spacial score (nSPS) is 9.84. The number of benzene rings is 1. The number of aliphatic carboxylic acids is 1. The Kier molecular flexibility index (Phi) is 88.3. The van der Waals surface area contributed by atoms with Gasteiger partial charge in [0.2, 0.25) is 5.79 Å². The number of aliphatic hydroxyl groups is 8. The fourth-order valence-electron chi connectivity index (χ4n) is 1.63. The Labute approximate surface area is 268 Å². The van der Waals surface area contributed by atoms with Crippen molar-refractivity contribution in [3.63, 3.8) is 0 Å². The molecule has 1 aromatic carbocycles. The highest BCUT2D eigenvalue weighted by Crippen LogP contribution is 2.25. The summed E-state index contributed by atoms with van der Waals surface area (Å²) in [5.41, 5.74) is 0.143. The Hall–Kier alpha value is -2.29. The van der Waals surface area contributed by atoms with E-state index in [1.165, 1.54) is 13.2 Å². The third-order valence-corrected chi connectivity index (χ3v) is 2.88. The molecule has 0 radical (unpaired) electrons. The van der Waals surface area contributed by atoms with Crippen LogP contribution in [0.1, 0.15) is 95.4 Å². The predicted octanol–water partition coefficient (Wildman–Crippen LogP) is 3.97. The molecule has 0 aliphatic carbocycles. The molecule has 1 aromatic rings. The summed E-state index contributed by atoms with van der Waals surface area (Å²) in [5, 5.41) is 69.4. The maximum Gasteiger partial charge on any atom is 0.334 e. The van der Waals surface area contributed by atoms with E-state index in [9.17, 15) is 4.79 Å². The second-order valence-corrected chi connectivity index (χ2v) is 7.41. The molecule has 0 spiro atoms. The summed E-state index contributed by atoms with van der Waals surface area (Å²) in [6.45, 7) is 20.8. The quantitative estimate of drug-likeness (QED) is 0.111. The lowest BCUT2D eigenvalue weighted by Gasteiger charge is -2.30. The van der Waals surface area contributed by atoms with E-state index in [0.29, 0.717) is 12.2 Å². The second kappa shape index (κ2) is 63.8. The number of hydrogen-bond donors (Lipinski definition) is 9. The van der Waals surface area contributed by atoms with Gasteiger partial charge in [-0.2, -0.15) is 0 Å². The topological polar surface area (TPSA) is 218 Å². The minimum Gasteiger partial charge on any atom is -0.478 e. The molecule has 1 atom stereocenters. The number of para-hydroxylation sites is 1. The van der Waals surface area contributed by atoms with Crippen molar-refractivity contribution in [3.05, 3.63) is 42.2 Å². The van der Waals surface area contributed by atoms with Crippen molar-refractivity contribution in [2.75, 3.05) is 52.9 Å². The van der Waals surface area contributed by atoms with E-state index in [-0.39, 0.29) is 58.4 Å². The van der Waals surface area contributed by atoms with Crippen LogP contribution in [0.4, 0.5) is 0 Å². The zero-order valence-electron chi connectivity index (χ0n) is 29.5. The fraction of sp³-hybridized carbons (Fsp3) is 0.719. The summed E-state index contributed by atoms with van der Waals surface area (Å²) >= 11 is 0. The van der Waals surface area contributed by atoms with Crippen LogP contribution in [-0.2, 0) is 9.53 Å². The minimum atomic E-state index is -0.998. The van der Waals surface area contributed by atoms with Crippen LogP contribution in [0, 0.1) is 0 Å². The molecule has 0 amide bonds. The largest absolute Gasteiger partial charge is 0.478 e. The van der Waals surface area contributed by atoms with E-state index in [1.807, 2.05) is 37.3 Å². The van der Waals surface area contributed by atoms with Gasteiger partial charge in [-0.25, -0.2) is 4.79 Å². The molecule has 270 valence electrons. The molecule has 12 nitrogen and oxygen atoms in total. The van der Waals surface area contributed by atoms with E-state index >= 15 is 0 Å². The molecule has 1 rings (SSSR count). The van der Waals surface area contributed by atoms with Crippen LogP contribution in [0.2, 0.25) is 0 Å². The van der Waals surface area contributed by atoms with Gasteiger partial charge in [0, 0.05) is 66.2 Å². The standard InChI is InChI=1S/C16H22O4.8C2H6O/c1-4-5-11-16(3,19-12-13(2)15(17)18)20-14-9-7-6-8-10-14;8*1-2-3/h6-10,12H,4-5,11H2,1-3H3,(H,17,18);8*3H,2H2,1H3. The van der Waals surface area contributed by atoms with Crippen LogP contribution in [0.25, 0.3) is 0 Å². The van der Waals surface area contributed by atoms with E-state index in [4.69, 9.17) is 55.4 Å². The van der Waals surface area contributed by atoms with Gasteiger partial charge in [0.25, 0.3) is 0 Å². The third kappa shape index (κ3) is 90.0. The smallest absolute Gasteiger partial charge is 0.334 e. The average Bonchev–Trinajstić information content (AvgIpc) is 2.95. The summed E-state index contributed by atoms with van der Waals surface area (Å²) in [7, 11) is 0. The second-order valence-electron chi connectivity index (χ2n) is 7.41. The van der Waals surface area contributed by atoms with Gasteiger partial charge >= 0.3 is 5.97 Å². The van der Waals surface area contributed by atoms with Crippen molar-refractivity contribution in [2.24, 2.45) is 0 Å². The maximum atomic E-state index is 10.8. The van der Waals surface area contributed by atoms with Gasteiger partial charge in [-0.1, -0.05) is 31.5 Å². The molecule has 0 saturated carbocycles. The van der Waals surface area contributed by atoms with Crippen LogP contribution in [0.3, 0.4) is 0 Å². The van der Waals surface area contributed by atoms with E-state index in [0.717, 1.165) is 12.8 Å². The number of unbranched alkanes of at least 4 members (excludes halogenated alkanes) is 1. The fourth-order valence-corrected chi connectivity index (χ4v) is 1.63. The first-order chi connectivity index (χ1) is 20.8. The lowest BCUT2D eigenvalue weighted by Crippen LogP contribution is -2.34. The van der Waals surface area contributed by atoms with Crippen LogP contribution < -0.4 is 4.74 Å². The van der Waals surface area contributed by atoms with Crippen molar-refractivity contribution in [2.45, 2.75) is 101 Å². The molecule has 44 heavy (non-hydrogen) atoms. The number of rotatable bonds is 8. The molecular formula is C32H70O12. The Morgan fingerprint density at radius 2 is 0.955 bits per heavy atom. The van der Waals surface area contributed by atoms with Crippen molar-refractivity contribution in [1.29, 1.82) is 0 Å². The molecule has 0 bridgehead atoms. The van der Waals surface area contributed by atoms with Gasteiger partial charge in [0.15, 0.2) is 0 Å². The number of ether oxygens (including phenoxy) is 2. The highest BCUT2D eigenvalue weighted by Gasteiger charge is 2.27. The summed E-state index contributed by atoms with van der Waals surface area (Å²) < 4.78 is 11.5. The zero-order chi connectivity index (χ0) is 36.7. The predicted molar refractivity (Wildman–Crippen MR) is 180 cm³/mol. The SMILES string of the molecule is CCCCC(C)(OC=C(C)C(=O)O)Oc1ccccc1.CCO.CCO.CCO.CCO.CCO.CCO.CCO.CCO. The van der Waals surface area contributed by atoms with Crippen molar-refractivity contribution >= 4 is 5.97 Å². The molecular weight excluding hydrogens is 576 g/mol. The highest BCUT2D eigenvalue weighted by molar-refractivity contribution is 5.85. The van der Waals surface area contributed by atoms with E-state index < -0.39 is 11.8 Å². The molecule has 0 aliphatic heterocycles. The summed E-state index contributed by atoms with van der Waals surface area (Å²) in [4.78, 5) is 10.8. The average molecular weight is 647 g/mol. The third-order valence-electron chi connectivity index (χ3n) is 2.88. The molecule has 12 heteroatoms. The number of hydrogen-bond acceptors (Lipinski definition) is 11. The summed E-state index contributed by atoms with van der Waals surface area (Å²) in [6, 6.07) is 9.37. The van der Waals surface area contributed by atoms with Gasteiger partial charge < -0.3 is 55.4 Å². The van der Waals surface area contributed by atoms with Gasteiger partial charge in [-0.15, -0.1) is 0 Å². The van der Waals surface area contributed by atoms with Gasteiger partial charge in [0.1, 0.15) is 5.75 Å². The van der Waals surface area contributed by atoms with Crippen LogP contribution in [0.15, 0.2) is 42.2 Å². The van der Waals surface area contributed by atoms with Crippen molar-refractivity contribution < 1.29 is 60.2 Å². The van der Waals surface area contributed by atoms with Crippen LogP contribution in [-0.4, -0.2) is 111 Å². The van der Waals surface area contributed by atoms with Crippen molar-refractivity contribution in [3.8, 4) is 5.75 Å². The van der Waals surface area contributed by atoms with Crippen molar-refractivity contribution in [1.82, 2.24) is 0 Å². The lowest BCUT2D eigenvalue weighted by molar-refractivity contribution is -0.140. The molecule has 9 N–H and O–H groups in total. The highest BCUT2D eigenvalue weighted by atomic mass is 16.7. The van der Waals surface area contributed by atoms with E-state index in [1.54, 1.807) is 55.4 Å². The zero-order valence-corrected chi connectivity index (χ0v) is 29.5. The molecule has 1 unspecified atom stereocenters. The summed E-state index contributed by atoms with van der Waals surface area (Å²) in [5.74, 6) is -1.16. The Morgan fingerprint density at radius 3 is 1.20 bits per heavy atom. The Morgan fingerprint density at radius 1 is 0.659 bits per heavy atom. The van der Waals surface area contributed by atoms with Crippen LogP contribution >= 0.6 is 0 Å². The molecule has 0 aliphatic rings. The van der Waals surface area contributed by atoms with Gasteiger partial charge in [-0.3, -0.25) is 0 Å². The van der Waals surface area contributed by atoms with E-state index in [2.05, 4.69) is 6.92 Å². The maximum absolute atomic E-state index is 10.8. The summed E-state index contributed by atoms with van der Waals surface area (Å²) in [6.07, 6.45) is 3.88. The first-order valence-corrected chi connectivity index (χ1v) is 15.0. The first kappa shape index (κ1) is 60.8. The Bertz CT molecular complexity index is 564. The van der Waals surface area contributed by atoms with Crippen LogP contribution in [0.5, 0.6) is 5.75 Å². The molecule has 0 saturated heterocycles. The Balaban J connectivity index is -0.0000000734. The molecule has 0 heterocycles. The monoisotopic (exact) mass is 646 g/mol. The first-order valence-electron chi connectivity index (χ1n) is 15.0. The number of carboxylic acid groups (broad SMARTS) is 1. The lowest BCUT2D eigenvalue weighted by atomic mass is 10.1. The minimum absolute atomic E-state index is 0.143. The number of carboxylic acids is 1. The number of aliphatic hydroxyl groups excluding tert-OH is 8.